The molecule has 3 aromatic rings. The molecule has 238 valence electrons. The van der Waals surface area contributed by atoms with Gasteiger partial charge in [0.25, 0.3) is 17.7 Å². The summed E-state index contributed by atoms with van der Waals surface area (Å²) in [5.41, 5.74) is -4.19. The maximum absolute atomic E-state index is 14.0. The number of anilines is 1. The summed E-state index contributed by atoms with van der Waals surface area (Å²) in [5, 5.41) is 17.2. The van der Waals surface area contributed by atoms with E-state index in [0.29, 0.717) is 6.07 Å². The van der Waals surface area contributed by atoms with Gasteiger partial charge in [-0.3, -0.25) is 9.78 Å². The number of carbonyl (C=O) groups is 1. The van der Waals surface area contributed by atoms with Gasteiger partial charge in [0.2, 0.25) is 5.60 Å². The molecule has 4 heterocycles. The summed E-state index contributed by atoms with van der Waals surface area (Å²) < 4.78 is 129. The molecule has 0 aromatic carbocycles. The molecule has 0 spiro atoms. The molecule has 18 heteroatoms. The molecule has 2 aliphatic rings. The van der Waals surface area contributed by atoms with Crippen molar-refractivity contribution in [1.29, 1.82) is 0 Å². The molecular formula is C26H23F9N6O3. The second-order valence-corrected chi connectivity index (χ2v) is 10.7. The number of amides is 1. The van der Waals surface area contributed by atoms with E-state index in [2.05, 4.69) is 20.2 Å². The van der Waals surface area contributed by atoms with Gasteiger partial charge < -0.3 is 20.2 Å². The number of hydrogen-bond acceptors (Lipinski definition) is 8. The highest BCUT2D eigenvalue weighted by atomic mass is 19.4. The van der Waals surface area contributed by atoms with Crippen molar-refractivity contribution in [2.45, 2.75) is 74.6 Å². The summed E-state index contributed by atoms with van der Waals surface area (Å²) in [6, 6.07) is 2.75. The van der Waals surface area contributed by atoms with Crippen LogP contribution >= 0.6 is 0 Å². The van der Waals surface area contributed by atoms with Gasteiger partial charge in [0.1, 0.15) is 5.69 Å². The Morgan fingerprint density at radius 3 is 2.20 bits per heavy atom. The summed E-state index contributed by atoms with van der Waals surface area (Å²) in [7, 11) is 0. The lowest BCUT2D eigenvalue weighted by Crippen LogP contribution is -2.42. The van der Waals surface area contributed by atoms with Crippen LogP contribution in [0.25, 0.3) is 11.6 Å². The van der Waals surface area contributed by atoms with E-state index in [1.54, 1.807) is 0 Å². The minimum Gasteiger partial charge on any atom is -0.416 e. The zero-order valence-electron chi connectivity index (χ0n) is 22.4. The lowest BCUT2D eigenvalue weighted by molar-refractivity contribution is -0.277. The predicted molar refractivity (Wildman–Crippen MR) is 131 cm³/mol. The molecule has 4 bridgehead atoms. The first kappa shape index (κ1) is 31.5. The van der Waals surface area contributed by atoms with Gasteiger partial charge in [0.05, 0.1) is 28.9 Å². The number of hydrogen-bond donors (Lipinski definition) is 2. The summed E-state index contributed by atoms with van der Waals surface area (Å²) in [6.07, 6.45) is -15.5. The van der Waals surface area contributed by atoms with Crippen molar-refractivity contribution in [3.05, 3.63) is 52.8 Å². The van der Waals surface area contributed by atoms with Crippen LogP contribution in [-0.4, -0.2) is 55.0 Å². The summed E-state index contributed by atoms with van der Waals surface area (Å²) in [6.45, 7) is -0.760. The van der Waals surface area contributed by atoms with Gasteiger partial charge in [-0.15, -0.1) is 10.2 Å². The first-order valence-corrected chi connectivity index (χ1v) is 13.2. The van der Waals surface area contributed by atoms with Gasteiger partial charge in [0, 0.05) is 12.7 Å². The van der Waals surface area contributed by atoms with Crippen molar-refractivity contribution in [2.75, 3.05) is 12.3 Å². The highest BCUT2D eigenvalue weighted by Crippen LogP contribution is 2.58. The third kappa shape index (κ3) is 5.54. The van der Waals surface area contributed by atoms with Gasteiger partial charge in [-0.2, -0.15) is 39.5 Å². The van der Waals surface area contributed by atoms with Crippen LogP contribution in [0.3, 0.4) is 0 Å². The number of fused-ring (bicyclic) bond motifs is 5. The molecule has 3 aromatic heterocycles. The van der Waals surface area contributed by atoms with E-state index in [4.69, 9.17) is 10.2 Å². The number of nitrogens with two attached hydrogens (primary N) is 1. The Kier molecular flexibility index (Phi) is 7.57. The summed E-state index contributed by atoms with van der Waals surface area (Å²) >= 11 is 0. The van der Waals surface area contributed by atoms with Crippen molar-refractivity contribution in [3.63, 3.8) is 0 Å². The molecule has 1 aliphatic carbocycles. The molecule has 1 amide bonds. The van der Waals surface area contributed by atoms with Crippen LogP contribution in [0, 0.1) is 0 Å². The van der Waals surface area contributed by atoms with Crippen LogP contribution in [0.2, 0.25) is 0 Å². The van der Waals surface area contributed by atoms with E-state index in [0.717, 1.165) is 11.1 Å². The third-order valence-electron chi connectivity index (χ3n) is 7.79. The zero-order valence-corrected chi connectivity index (χ0v) is 22.4. The smallest absolute Gasteiger partial charge is 0.416 e. The van der Waals surface area contributed by atoms with E-state index in [-0.39, 0.29) is 49.9 Å². The van der Waals surface area contributed by atoms with E-state index in [9.17, 15) is 49.4 Å². The number of alkyl halides is 9. The monoisotopic (exact) mass is 638 g/mol. The molecule has 5 rings (SSSR count). The second-order valence-electron chi connectivity index (χ2n) is 10.7. The van der Waals surface area contributed by atoms with Gasteiger partial charge in [-0.1, -0.05) is 12.5 Å². The number of pyridine rings is 2. The molecule has 3 N–H and O–H groups in total. The quantitative estimate of drug-likeness (QED) is 0.350. The van der Waals surface area contributed by atoms with Crippen LogP contribution in [0.15, 0.2) is 28.8 Å². The van der Waals surface area contributed by atoms with Crippen molar-refractivity contribution < 1.29 is 53.8 Å². The van der Waals surface area contributed by atoms with Gasteiger partial charge in [-0.05, 0) is 49.8 Å². The van der Waals surface area contributed by atoms with Crippen LogP contribution < -0.4 is 5.73 Å². The lowest BCUT2D eigenvalue weighted by atomic mass is 9.95. The highest BCUT2D eigenvalue weighted by molar-refractivity contribution is 5.95. The van der Waals surface area contributed by atoms with Gasteiger partial charge in [-0.25, -0.2) is 4.98 Å². The molecule has 1 aliphatic heterocycles. The van der Waals surface area contributed by atoms with Crippen LogP contribution in [0.5, 0.6) is 0 Å². The Labute approximate surface area is 242 Å². The highest BCUT2D eigenvalue weighted by Gasteiger charge is 2.64. The number of halogens is 9. The Morgan fingerprint density at radius 2 is 1.64 bits per heavy atom. The first-order chi connectivity index (χ1) is 20.4. The topological polar surface area (TPSA) is 131 Å². The third-order valence-corrected chi connectivity index (χ3v) is 7.79. The number of aromatic nitrogens is 4. The first-order valence-electron chi connectivity index (χ1n) is 13.2. The standard InChI is InChI=1S/C26H23F9N6O3/c27-24(28,29)15-10-16(36)18-19-39-40-21(44-19)23(43,26(33,34)35)6-2-1-3-9-41(20(42)17(15)38-18)12-14-5-4-13(11-37-14)22(7-8-22)25(30,31)32/h4-5,10-11,43H,1-3,6-9,12,36H2/t23-/m1/s1. The molecule has 1 atom stereocenters. The Hall–Kier alpha value is -3.96. The maximum atomic E-state index is 14.0. The number of nitrogens with zero attached hydrogens (tertiary/aromatic N) is 5. The van der Waals surface area contributed by atoms with E-state index >= 15 is 0 Å². The molecule has 9 nitrogen and oxygen atoms in total. The van der Waals surface area contributed by atoms with Crippen LogP contribution in [-0.2, 0) is 23.7 Å². The molecule has 1 saturated carbocycles. The Balaban J connectivity index is 1.56. The molecule has 44 heavy (non-hydrogen) atoms. The Bertz CT molecular complexity index is 1550. The molecule has 0 saturated heterocycles. The molecule has 0 unspecified atom stereocenters. The van der Waals surface area contributed by atoms with Gasteiger partial charge in [0.15, 0.2) is 5.69 Å². The molecule has 0 radical (unpaired) electrons. The summed E-state index contributed by atoms with van der Waals surface area (Å²) in [4.78, 5) is 22.2. The number of aliphatic hydroxyl groups is 1. The fourth-order valence-corrected chi connectivity index (χ4v) is 5.06. The number of carbonyl (C=O) groups excluding carboxylic acids is 1. The van der Waals surface area contributed by atoms with Crippen molar-refractivity contribution >= 4 is 11.6 Å². The van der Waals surface area contributed by atoms with E-state index < -0.39 is 82.8 Å². The van der Waals surface area contributed by atoms with Crippen molar-refractivity contribution in [1.82, 2.24) is 25.1 Å². The molecular weight excluding hydrogens is 615 g/mol. The zero-order chi connectivity index (χ0) is 32.3. The minimum atomic E-state index is -5.27. The molecule has 1 fully saturated rings. The van der Waals surface area contributed by atoms with Crippen LogP contribution in [0.4, 0.5) is 45.2 Å². The SMILES string of the molecule is Nc1cc(C(F)(F)F)c2nc1-c1nnc(o1)[C@@](O)(C(F)(F)F)CCCCCN(Cc1ccc(C3(C(F)(F)F)CC3)cn1)C2=O. The van der Waals surface area contributed by atoms with Crippen LogP contribution in [0.1, 0.15) is 71.7 Å². The number of nitrogen functional groups attached to an aromatic ring is 1. The Morgan fingerprint density at radius 1 is 0.932 bits per heavy atom. The average Bonchev–Trinajstić information content (AvgIpc) is 3.61. The maximum Gasteiger partial charge on any atom is 0.426 e. The number of rotatable bonds is 3. The average molecular weight is 638 g/mol. The van der Waals surface area contributed by atoms with E-state index in [1.165, 1.54) is 12.1 Å². The lowest BCUT2D eigenvalue weighted by Gasteiger charge is -2.27. The normalized spacial score (nSPS) is 21.2. The van der Waals surface area contributed by atoms with Crippen molar-refractivity contribution in [2.24, 2.45) is 0 Å². The van der Waals surface area contributed by atoms with Crippen molar-refractivity contribution in [3.8, 4) is 11.6 Å². The van der Waals surface area contributed by atoms with E-state index in [1.807, 2.05) is 0 Å². The fourth-order valence-electron chi connectivity index (χ4n) is 5.06. The minimum absolute atomic E-state index is 0.0316. The fraction of sp³-hybridized carbons (Fsp3) is 0.500. The predicted octanol–water partition coefficient (Wildman–Crippen LogP) is 5.69. The second kappa shape index (κ2) is 10.6. The van der Waals surface area contributed by atoms with Gasteiger partial charge >= 0.3 is 18.5 Å². The summed E-state index contributed by atoms with van der Waals surface area (Å²) in [5.74, 6) is -3.41. The largest absolute Gasteiger partial charge is 0.426 e.